The molecule has 0 unspecified atom stereocenters. The lowest BCUT2D eigenvalue weighted by Crippen LogP contribution is -2.49. The van der Waals surface area contributed by atoms with Crippen molar-refractivity contribution >= 4 is 11.6 Å². The van der Waals surface area contributed by atoms with Gasteiger partial charge in [0.15, 0.2) is 5.75 Å². The summed E-state index contributed by atoms with van der Waals surface area (Å²) < 4.78 is 5.60. The van der Waals surface area contributed by atoms with E-state index < -0.39 is 16.4 Å². The number of nitro benzene ring substituents is 1. The van der Waals surface area contributed by atoms with Gasteiger partial charge in [-0.3, -0.25) is 14.9 Å². The lowest BCUT2D eigenvalue weighted by atomic mass is 9.75. The minimum absolute atomic E-state index is 0.0367. The Balaban J connectivity index is 1.77. The fourth-order valence-corrected chi connectivity index (χ4v) is 3.61. The van der Waals surface area contributed by atoms with Crippen LogP contribution in [-0.2, 0) is 4.74 Å². The second-order valence-electron chi connectivity index (χ2n) is 6.45. The molecule has 1 aromatic rings. The Morgan fingerprint density at radius 3 is 2.78 bits per heavy atom. The van der Waals surface area contributed by atoms with Crippen LogP contribution in [0.5, 0.6) is 5.75 Å². The van der Waals surface area contributed by atoms with Crippen LogP contribution in [0.1, 0.15) is 36.0 Å². The minimum atomic E-state index is -0.668. The van der Waals surface area contributed by atoms with Crippen molar-refractivity contribution in [1.82, 2.24) is 4.90 Å². The number of phenols is 1. The van der Waals surface area contributed by atoms with E-state index in [1.165, 1.54) is 18.2 Å². The van der Waals surface area contributed by atoms with Crippen LogP contribution in [0.15, 0.2) is 18.2 Å². The lowest BCUT2D eigenvalue weighted by Gasteiger charge is -2.44. The van der Waals surface area contributed by atoms with Gasteiger partial charge in [0.1, 0.15) is 0 Å². The maximum Gasteiger partial charge on any atom is 0.310 e. The fourth-order valence-electron chi connectivity index (χ4n) is 3.61. The number of amides is 1. The molecular formula is C16H20N2O5. The molecule has 0 saturated carbocycles. The second kappa shape index (κ2) is 6.16. The van der Waals surface area contributed by atoms with E-state index in [0.717, 1.165) is 32.3 Å². The number of ether oxygens (including phenoxy) is 1. The highest BCUT2D eigenvalue weighted by molar-refractivity contribution is 5.95. The molecule has 2 aliphatic rings. The molecule has 2 saturated heterocycles. The molecule has 1 aromatic carbocycles. The maximum atomic E-state index is 12.7. The summed E-state index contributed by atoms with van der Waals surface area (Å²) in [5.41, 5.74) is -0.0751. The topological polar surface area (TPSA) is 92.9 Å². The van der Waals surface area contributed by atoms with Gasteiger partial charge in [0, 0.05) is 36.7 Å². The molecule has 1 atom stereocenters. The first-order chi connectivity index (χ1) is 11.0. The van der Waals surface area contributed by atoms with Crippen molar-refractivity contribution < 1.29 is 19.6 Å². The van der Waals surface area contributed by atoms with E-state index in [0.29, 0.717) is 19.7 Å². The molecule has 1 amide bonds. The molecule has 7 heteroatoms. The van der Waals surface area contributed by atoms with Gasteiger partial charge >= 0.3 is 5.69 Å². The number of carbonyl (C=O) groups excluding carboxylic acids is 1. The number of hydrogen-bond donors (Lipinski definition) is 1. The van der Waals surface area contributed by atoms with Gasteiger partial charge in [-0.2, -0.15) is 0 Å². The molecule has 0 radical (unpaired) electrons. The number of benzene rings is 1. The molecule has 3 rings (SSSR count). The van der Waals surface area contributed by atoms with Gasteiger partial charge in [-0.15, -0.1) is 0 Å². The van der Waals surface area contributed by atoms with Gasteiger partial charge in [-0.1, -0.05) is 0 Å². The van der Waals surface area contributed by atoms with Gasteiger partial charge in [0.25, 0.3) is 5.91 Å². The molecule has 1 N–H and O–H groups in total. The Kier molecular flexibility index (Phi) is 4.21. The number of nitro groups is 1. The van der Waals surface area contributed by atoms with E-state index >= 15 is 0 Å². The largest absolute Gasteiger partial charge is 0.502 e. The van der Waals surface area contributed by atoms with Crippen molar-refractivity contribution in [1.29, 1.82) is 0 Å². The molecular weight excluding hydrogens is 300 g/mol. The number of carbonyl (C=O) groups is 1. The highest BCUT2D eigenvalue weighted by atomic mass is 16.6. The van der Waals surface area contributed by atoms with E-state index in [9.17, 15) is 20.0 Å². The number of hydrogen-bond acceptors (Lipinski definition) is 5. The molecule has 0 aliphatic carbocycles. The van der Waals surface area contributed by atoms with Crippen LogP contribution in [0.4, 0.5) is 5.69 Å². The van der Waals surface area contributed by atoms with Crippen LogP contribution in [0.3, 0.4) is 0 Å². The number of nitrogens with zero attached hydrogens (tertiary/aromatic N) is 2. The normalized spacial score (nSPS) is 24.6. The summed E-state index contributed by atoms with van der Waals surface area (Å²) >= 11 is 0. The number of aromatic hydroxyl groups is 1. The Morgan fingerprint density at radius 1 is 1.35 bits per heavy atom. The zero-order valence-corrected chi connectivity index (χ0v) is 12.9. The predicted molar refractivity (Wildman–Crippen MR) is 82.4 cm³/mol. The van der Waals surface area contributed by atoms with Gasteiger partial charge in [0.2, 0.25) is 0 Å². The van der Waals surface area contributed by atoms with Crippen molar-refractivity contribution in [2.24, 2.45) is 5.41 Å². The third-order valence-corrected chi connectivity index (χ3v) is 4.77. The molecule has 2 heterocycles. The van der Waals surface area contributed by atoms with Gasteiger partial charge < -0.3 is 14.7 Å². The van der Waals surface area contributed by atoms with Crippen molar-refractivity contribution in [3.05, 3.63) is 33.9 Å². The first-order valence-corrected chi connectivity index (χ1v) is 7.85. The zero-order chi connectivity index (χ0) is 16.4. The summed E-state index contributed by atoms with van der Waals surface area (Å²) in [5.74, 6) is -0.673. The second-order valence-corrected chi connectivity index (χ2v) is 6.45. The van der Waals surface area contributed by atoms with Crippen molar-refractivity contribution in [2.75, 3.05) is 26.3 Å². The Hall–Kier alpha value is -2.15. The summed E-state index contributed by atoms with van der Waals surface area (Å²) in [6.45, 7) is 2.77. The van der Waals surface area contributed by atoms with Crippen molar-refractivity contribution in [3.8, 4) is 5.75 Å². The summed E-state index contributed by atoms with van der Waals surface area (Å²) in [6, 6.07) is 3.75. The van der Waals surface area contributed by atoms with E-state index in [2.05, 4.69) is 0 Å². The molecule has 0 aromatic heterocycles. The summed E-state index contributed by atoms with van der Waals surface area (Å²) in [4.78, 5) is 24.5. The third kappa shape index (κ3) is 3.14. The van der Waals surface area contributed by atoms with E-state index in [4.69, 9.17) is 4.74 Å². The molecule has 0 bridgehead atoms. The third-order valence-electron chi connectivity index (χ3n) is 4.77. The molecule has 2 aliphatic heterocycles. The first kappa shape index (κ1) is 15.7. The Morgan fingerprint density at radius 2 is 2.13 bits per heavy atom. The number of piperidine rings is 1. The van der Waals surface area contributed by atoms with Crippen molar-refractivity contribution in [2.45, 2.75) is 25.7 Å². The Labute approximate surface area is 134 Å². The predicted octanol–water partition coefficient (Wildman–Crippen LogP) is 2.33. The monoisotopic (exact) mass is 320 g/mol. The Bertz CT molecular complexity index is 619. The molecule has 2 fully saturated rings. The highest BCUT2D eigenvalue weighted by Gasteiger charge is 2.39. The smallest absolute Gasteiger partial charge is 0.310 e. The lowest BCUT2D eigenvalue weighted by molar-refractivity contribution is -0.385. The van der Waals surface area contributed by atoms with Crippen LogP contribution in [0, 0.1) is 15.5 Å². The number of phenolic OH excluding ortho intramolecular Hbond substituents is 1. The van der Waals surface area contributed by atoms with Crippen LogP contribution in [-0.4, -0.2) is 47.1 Å². The standard InChI is InChI=1S/C16H20N2O5/c19-14-9-12(3-4-13(14)18(21)22)15(20)17-7-1-5-16(10-17)6-2-8-23-11-16/h3-4,9,19H,1-2,5-8,10-11H2/t16-/m0/s1. The number of rotatable bonds is 2. The SMILES string of the molecule is O=C(c1ccc([N+](=O)[O-])c(O)c1)N1CCC[C@]2(CCCOC2)C1. The van der Waals surface area contributed by atoms with E-state index in [1.807, 2.05) is 0 Å². The minimum Gasteiger partial charge on any atom is -0.502 e. The molecule has 7 nitrogen and oxygen atoms in total. The first-order valence-electron chi connectivity index (χ1n) is 7.85. The van der Waals surface area contributed by atoms with Crippen molar-refractivity contribution in [3.63, 3.8) is 0 Å². The quantitative estimate of drug-likeness (QED) is 0.667. The van der Waals surface area contributed by atoms with E-state index in [-0.39, 0.29) is 16.9 Å². The average molecular weight is 320 g/mol. The zero-order valence-electron chi connectivity index (χ0n) is 12.9. The molecule has 1 spiro atoms. The van der Waals surface area contributed by atoms with Crippen LogP contribution in [0.25, 0.3) is 0 Å². The van der Waals surface area contributed by atoms with Gasteiger partial charge in [-0.25, -0.2) is 0 Å². The maximum absolute atomic E-state index is 12.7. The van der Waals surface area contributed by atoms with Crippen LogP contribution >= 0.6 is 0 Å². The summed E-state index contributed by atoms with van der Waals surface area (Å²) in [7, 11) is 0. The molecule has 124 valence electrons. The fraction of sp³-hybridized carbons (Fsp3) is 0.562. The summed E-state index contributed by atoms with van der Waals surface area (Å²) in [5, 5.41) is 20.5. The van der Waals surface area contributed by atoms with Gasteiger partial charge in [-0.05, 0) is 37.8 Å². The highest BCUT2D eigenvalue weighted by Crippen LogP contribution is 2.38. The van der Waals surface area contributed by atoms with Gasteiger partial charge in [0.05, 0.1) is 11.5 Å². The van der Waals surface area contributed by atoms with E-state index in [1.54, 1.807) is 4.90 Å². The average Bonchev–Trinajstić information content (AvgIpc) is 2.54. The van der Waals surface area contributed by atoms with Crippen LogP contribution < -0.4 is 0 Å². The summed E-state index contributed by atoms with van der Waals surface area (Å²) in [6.07, 6.45) is 4.05. The molecule has 23 heavy (non-hydrogen) atoms. The van der Waals surface area contributed by atoms with Crippen LogP contribution in [0.2, 0.25) is 0 Å². The number of likely N-dealkylation sites (tertiary alicyclic amines) is 1.